The van der Waals surface area contributed by atoms with Gasteiger partial charge in [-0.05, 0) is 54.3 Å². The number of nitrogens with zero attached hydrogens (tertiary/aromatic N) is 1. The van der Waals surface area contributed by atoms with Gasteiger partial charge in [0, 0.05) is 22.3 Å². The summed E-state index contributed by atoms with van der Waals surface area (Å²) in [6.07, 6.45) is 1.23. The molecule has 2 aromatic carbocycles. The van der Waals surface area contributed by atoms with E-state index in [0.717, 1.165) is 45.5 Å². The first-order valence-corrected chi connectivity index (χ1v) is 8.36. The van der Waals surface area contributed by atoms with E-state index in [0.29, 0.717) is 12.0 Å². The number of hydrogen-bond acceptors (Lipinski definition) is 2. The number of nitrogens with one attached hydrogen (secondary N) is 1. The van der Waals surface area contributed by atoms with Crippen LogP contribution in [0.25, 0.3) is 0 Å². The zero-order valence-corrected chi connectivity index (χ0v) is 14.2. The number of anilines is 2. The summed E-state index contributed by atoms with van der Waals surface area (Å²) in [7, 11) is 0. The Morgan fingerprint density at radius 3 is 2.78 bits per heavy atom. The molecule has 0 saturated heterocycles. The van der Waals surface area contributed by atoms with Crippen LogP contribution in [0.5, 0.6) is 0 Å². The van der Waals surface area contributed by atoms with E-state index >= 15 is 0 Å². The Morgan fingerprint density at radius 1 is 1.22 bits per heavy atom. The predicted octanol–water partition coefficient (Wildman–Crippen LogP) is 3.46. The summed E-state index contributed by atoms with van der Waals surface area (Å²) >= 11 is 3.47. The molecule has 2 heterocycles. The van der Waals surface area contributed by atoms with Crippen LogP contribution in [-0.4, -0.2) is 18.4 Å². The molecule has 0 fully saturated rings. The lowest BCUT2D eigenvalue weighted by atomic mass is 10.0. The largest absolute Gasteiger partial charge is 0.322 e. The summed E-state index contributed by atoms with van der Waals surface area (Å²) in [4.78, 5) is 26.3. The molecular weight excluding hydrogens is 356 g/mol. The van der Waals surface area contributed by atoms with Gasteiger partial charge < -0.3 is 10.2 Å². The molecule has 0 saturated carbocycles. The number of aryl methyl sites for hydroxylation is 1. The van der Waals surface area contributed by atoms with Crippen molar-refractivity contribution in [3.05, 3.63) is 57.1 Å². The Labute approximate surface area is 142 Å². The Morgan fingerprint density at radius 2 is 2.00 bits per heavy atom. The van der Waals surface area contributed by atoms with E-state index in [4.69, 9.17) is 0 Å². The van der Waals surface area contributed by atoms with Crippen molar-refractivity contribution in [1.29, 1.82) is 0 Å². The van der Waals surface area contributed by atoms with Gasteiger partial charge in [-0.1, -0.05) is 22.0 Å². The van der Waals surface area contributed by atoms with E-state index in [9.17, 15) is 9.59 Å². The average molecular weight is 371 g/mol. The van der Waals surface area contributed by atoms with Crippen molar-refractivity contribution in [2.75, 3.05) is 16.8 Å². The topological polar surface area (TPSA) is 49.4 Å². The van der Waals surface area contributed by atoms with E-state index < -0.39 is 0 Å². The number of amides is 2. The quantitative estimate of drug-likeness (QED) is 0.879. The van der Waals surface area contributed by atoms with Crippen molar-refractivity contribution >= 4 is 39.1 Å². The summed E-state index contributed by atoms with van der Waals surface area (Å²) in [6, 6.07) is 9.50. The lowest BCUT2D eigenvalue weighted by Gasteiger charge is -2.11. The van der Waals surface area contributed by atoms with Crippen LogP contribution in [0.3, 0.4) is 0 Å². The molecule has 0 unspecified atom stereocenters. The molecule has 0 atom stereocenters. The van der Waals surface area contributed by atoms with Crippen molar-refractivity contribution < 1.29 is 9.59 Å². The van der Waals surface area contributed by atoms with Gasteiger partial charge in [-0.25, -0.2) is 0 Å². The van der Waals surface area contributed by atoms with Crippen LogP contribution in [0.15, 0.2) is 34.8 Å². The van der Waals surface area contributed by atoms with Crippen LogP contribution >= 0.6 is 15.9 Å². The second kappa shape index (κ2) is 5.20. The molecule has 0 aliphatic carbocycles. The van der Waals surface area contributed by atoms with Gasteiger partial charge in [-0.15, -0.1) is 0 Å². The monoisotopic (exact) mass is 370 g/mol. The summed E-state index contributed by atoms with van der Waals surface area (Å²) < 4.78 is 0.962. The van der Waals surface area contributed by atoms with E-state index in [1.54, 1.807) is 0 Å². The molecule has 1 N–H and O–H groups in total. The minimum atomic E-state index is -0.141. The fraction of sp³-hybridized carbons (Fsp3) is 0.222. The van der Waals surface area contributed by atoms with Crippen molar-refractivity contribution in [2.45, 2.75) is 19.8 Å². The normalized spacial score (nSPS) is 15.0. The highest BCUT2D eigenvalue weighted by Gasteiger charge is 2.34. The number of rotatable bonds is 2. The lowest BCUT2D eigenvalue weighted by Crippen LogP contribution is -2.24. The first kappa shape index (κ1) is 14.5. The number of hydrogen-bond donors (Lipinski definition) is 1. The van der Waals surface area contributed by atoms with Crippen LogP contribution in [-0.2, 0) is 17.6 Å². The standard InChI is InChI=1S/C18H15BrN2O2/c1-10-2-3-14(9-15(10)19)20-18(23)13-6-11-4-5-21-16(22)8-12(7-13)17(11)21/h2-3,6-7,9H,4-5,8H2,1H3,(H,20,23). The lowest BCUT2D eigenvalue weighted by molar-refractivity contribution is -0.117. The molecule has 116 valence electrons. The Balaban J connectivity index is 1.64. The highest BCUT2D eigenvalue weighted by Crippen LogP contribution is 2.38. The first-order valence-electron chi connectivity index (χ1n) is 7.56. The molecule has 5 heteroatoms. The minimum absolute atomic E-state index is 0.138. The zero-order valence-electron chi connectivity index (χ0n) is 12.6. The van der Waals surface area contributed by atoms with Gasteiger partial charge in [-0.2, -0.15) is 0 Å². The van der Waals surface area contributed by atoms with Crippen LogP contribution < -0.4 is 10.2 Å². The first-order chi connectivity index (χ1) is 11.0. The molecule has 2 amide bonds. The summed E-state index contributed by atoms with van der Waals surface area (Å²) in [5.41, 5.74) is 5.59. The maximum atomic E-state index is 12.5. The van der Waals surface area contributed by atoms with Gasteiger partial charge in [0.15, 0.2) is 0 Å². The van der Waals surface area contributed by atoms with Crippen LogP contribution in [0, 0.1) is 6.92 Å². The average Bonchev–Trinajstić information content (AvgIpc) is 3.08. The van der Waals surface area contributed by atoms with Crippen LogP contribution in [0.1, 0.15) is 27.0 Å². The molecule has 0 aromatic heterocycles. The van der Waals surface area contributed by atoms with Gasteiger partial charge in [-0.3, -0.25) is 9.59 Å². The molecule has 2 aliphatic heterocycles. The van der Waals surface area contributed by atoms with Crippen molar-refractivity contribution in [1.82, 2.24) is 0 Å². The highest BCUT2D eigenvalue weighted by atomic mass is 79.9. The third-order valence-corrected chi connectivity index (χ3v) is 5.33. The van der Waals surface area contributed by atoms with E-state index in [-0.39, 0.29) is 11.8 Å². The molecule has 2 aromatic rings. The second-order valence-electron chi connectivity index (χ2n) is 6.03. The number of benzene rings is 2. The van der Waals surface area contributed by atoms with E-state index in [1.165, 1.54) is 0 Å². The molecule has 4 nitrogen and oxygen atoms in total. The van der Waals surface area contributed by atoms with Gasteiger partial charge in [0.25, 0.3) is 5.91 Å². The molecule has 0 radical (unpaired) electrons. The third-order valence-electron chi connectivity index (χ3n) is 4.48. The molecule has 23 heavy (non-hydrogen) atoms. The maximum Gasteiger partial charge on any atom is 0.255 e. The predicted molar refractivity (Wildman–Crippen MR) is 93.0 cm³/mol. The molecular formula is C18H15BrN2O2. The van der Waals surface area contributed by atoms with Gasteiger partial charge in [0.2, 0.25) is 5.91 Å². The summed E-state index contributed by atoms with van der Waals surface area (Å²) in [6.45, 7) is 2.73. The summed E-state index contributed by atoms with van der Waals surface area (Å²) in [5.74, 6) is -0.00336. The number of halogens is 1. The van der Waals surface area contributed by atoms with E-state index in [1.807, 2.05) is 42.2 Å². The fourth-order valence-electron chi connectivity index (χ4n) is 3.29. The van der Waals surface area contributed by atoms with Crippen LogP contribution in [0.4, 0.5) is 11.4 Å². The van der Waals surface area contributed by atoms with Gasteiger partial charge >= 0.3 is 0 Å². The minimum Gasteiger partial charge on any atom is -0.322 e. The van der Waals surface area contributed by atoms with Crippen molar-refractivity contribution in [2.24, 2.45) is 0 Å². The smallest absolute Gasteiger partial charge is 0.255 e. The highest BCUT2D eigenvalue weighted by molar-refractivity contribution is 9.10. The maximum absolute atomic E-state index is 12.5. The SMILES string of the molecule is Cc1ccc(NC(=O)c2cc3c4c(c2)CC(=O)N4CC3)cc1Br. The van der Waals surface area contributed by atoms with E-state index in [2.05, 4.69) is 21.2 Å². The Kier molecular flexibility index (Phi) is 3.27. The van der Waals surface area contributed by atoms with Crippen LogP contribution in [0.2, 0.25) is 0 Å². The van der Waals surface area contributed by atoms with Crippen molar-refractivity contribution in [3.63, 3.8) is 0 Å². The molecule has 0 spiro atoms. The molecule has 0 bridgehead atoms. The Hall–Kier alpha value is -2.14. The molecule has 2 aliphatic rings. The van der Waals surface area contributed by atoms with Gasteiger partial charge in [0.05, 0.1) is 12.1 Å². The van der Waals surface area contributed by atoms with Gasteiger partial charge in [0.1, 0.15) is 0 Å². The molecule has 4 rings (SSSR count). The fourth-order valence-corrected chi connectivity index (χ4v) is 3.67. The second-order valence-corrected chi connectivity index (χ2v) is 6.89. The zero-order chi connectivity index (χ0) is 16.1. The number of carbonyl (C=O) groups excluding carboxylic acids is 2. The summed E-state index contributed by atoms with van der Waals surface area (Å²) in [5, 5.41) is 2.93. The van der Waals surface area contributed by atoms with Crippen molar-refractivity contribution in [3.8, 4) is 0 Å². The third kappa shape index (κ3) is 2.36. The number of carbonyl (C=O) groups is 2. The Bertz CT molecular complexity index is 860.